The van der Waals surface area contributed by atoms with Crippen molar-refractivity contribution in [3.63, 3.8) is 0 Å². The van der Waals surface area contributed by atoms with E-state index < -0.39 is 26.2 Å². The molecule has 0 aliphatic rings. The van der Waals surface area contributed by atoms with Crippen LogP contribution in [0.25, 0.3) is 0 Å². The van der Waals surface area contributed by atoms with Gasteiger partial charge in [-0.1, -0.05) is 0 Å². The van der Waals surface area contributed by atoms with Crippen molar-refractivity contribution in [1.82, 2.24) is 0 Å². The van der Waals surface area contributed by atoms with Crippen LogP contribution in [0, 0.1) is 0 Å². The van der Waals surface area contributed by atoms with Gasteiger partial charge >= 0.3 is 26.2 Å². The van der Waals surface area contributed by atoms with Gasteiger partial charge < -0.3 is 8.91 Å². The highest BCUT2D eigenvalue weighted by atomic mass is 28.5. The monoisotopic (exact) mass is 223 g/mol. The molecule has 0 rings (SSSR count). The van der Waals surface area contributed by atoms with E-state index in [9.17, 15) is 4.80 Å². The third-order valence-electron chi connectivity index (χ3n) is 0.945. The summed E-state index contributed by atoms with van der Waals surface area (Å²) in [4.78, 5) is 9.55. The Kier molecular flexibility index (Phi) is 4.34. The molecule has 0 aliphatic heterocycles. The molecule has 0 amide bonds. The molecule has 0 aromatic heterocycles. The molecule has 0 aromatic rings. The molecule has 3 nitrogen and oxygen atoms in total. The average molecular weight is 223 g/mol. The SMILES string of the molecule is C[Si+](C)O[Si](C)(C)O[Si](C)(C)O. The first-order chi connectivity index (χ1) is 5.12. The van der Waals surface area contributed by atoms with Crippen LogP contribution < -0.4 is 0 Å². The van der Waals surface area contributed by atoms with Gasteiger partial charge in [-0.25, -0.2) is 4.12 Å². The minimum atomic E-state index is -2.41. The molecule has 0 unspecified atom stereocenters. The van der Waals surface area contributed by atoms with Crippen molar-refractivity contribution < 1.29 is 13.0 Å². The lowest BCUT2D eigenvalue weighted by Gasteiger charge is -2.25. The van der Waals surface area contributed by atoms with Crippen molar-refractivity contribution in [2.45, 2.75) is 39.3 Å². The fourth-order valence-electron chi connectivity index (χ4n) is 1.11. The van der Waals surface area contributed by atoms with Crippen LogP contribution in [0.4, 0.5) is 0 Å². The predicted octanol–water partition coefficient (Wildman–Crippen LogP) is 1.67. The Bertz CT molecular complexity index is 141. The van der Waals surface area contributed by atoms with Crippen LogP contribution in [0.5, 0.6) is 0 Å². The number of hydrogen-bond donors (Lipinski definition) is 1. The molecule has 0 saturated carbocycles. The average Bonchev–Trinajstić information content (AvgIpc) is 1.48. The Morgan fingerprint density at radius 2 is 1.50 bits per heavy atom. The second-order valence-corrected chi connectivity index (χ2v) is 13.1. The topological polar surface area (TPSA) is 38.7 Å². The highest BCUT2D eigenvalue weighted by Gasteiger charge is 2.39. The highest BCUT2D eigenvalue weighted by Crippen LogP contribution is 2.14. The molecule has 0 radical (unpaired) electrons. The summed E-state index contributed by atoms with van der Waals surface area (Å²) >= 11 is 0. The van der Waals surface area contributed by atoms with Crippen LogP contribution in [0.3, 0.4) is 0 Å². The lowest BCUT2D eigenvalue weighted by molar-refractivity contribution is 0.330. The van der Waals surface area contributed by atoms with E-state index in [1.807, 2.05) is 13.1 Å². The quantitative estimate of drug-likeness (QED) is 0.737. The molecule has 0 heterocycles. The van der Waals surface area contributed by atoms with E-state index in [0.29, 0.717) is 0 Å². The van der Waals surface area contributed by atoms with Gasteiger partial charge in [0.05, 0.1) is 13.1 Å². The van der Waals surface area contributed by atoms with Crippen molar-refractivity contribution in [3.8, 4) is 0 Å². The normalized spacial score (nSPS) is 13.2. The maximum absolute atomic E-state index is 9.55. The number of rotatable bonds is 4. The minimum Gasteiger partial charge on any atom is -0.413 e. The first kappa shape index (κ1) is 12.5. The second kappa shape index (κ2) is 4.16. The van der Waals surface area contributed by atoms with Gasteiger partial charge in [0.2, 0.25) is 0 Å². The molecule has 6 heteroatoms. The molecule has 72 valence electrons. The first-order valence-electron chi connectivity index (χ1n) is 4.04. The molecule has 0 saturated heterocycles. The summed E-state index contributed by atoms with van der Waals surface area (Å²) in [7, 11) is -5.17. The zero-order valence-corrected chi connectivity index (χ0v) is 11.8. The molecule has 0 spiro atoms. The van der Waals surface area contributed by atoms with E-state index in [0.717, 1.165) is 0 Å². The molecule has 0 bridgehead atoms. The predicted molar refractivity (Wildman–Crippen MR) is 56.8 cm³/mol. The molecular weight excluding hydrogens is 204 g/mol. The van der Waals surface area contributed by atoms with Gasteiger partial charge in [0, 0.05) is 0 Å². The van der Waals surface area contributed by atoms with Gasteiger partial charge in [0.1, 0.15) is 0 Å². The Hall–Kier alpha value is 0.531. The van der Waals surface area contributed by atoms with Crippen LogP contribution in [-0.2, 0) is 8.23 Å². The summed E-state index contributed by atoms with van der Waals surface area (Å²) in [6.07, 6.45) is 0. The third-order valence-corrected chi connectivity index (χ3v) is 8.51. The second-order valence-electron chi connectivity index (χ2n) is 3.96. The summed E-state index contributed by atoms with van der Waals surface area (Å²) in [5, 5.41) is 0. The van der Waals surface area contributed by atoms with E-state index in [1.165, 1.54) is 0 Å². The van der Waals surface area contributed by atoms with Gasteiger partial charge in [-0.15, -0.1) is 0 Å². The van der Waals surface area contributed by atoms with Crippen molar-refractivity contribution in [2.24, 2.45) is 0 Å². The maximum atomic E-state index is 9.55. The Labute approximate surface area is 78.9 Å². The summed E-state index contributed by atoms with van der Waals surface area (Å²) in [6, 6.07) is 0. The molecule has 1 N–H and O–H groups in total. The third kappa shape index (κ3) is 7.19. The largest absolute Gasteiger partial charge is 0.456 e. The van der Waals surface area contributed by atoms with Crippen molar-refractivity contribution in [3.05, 3.63) is 0 Å². The van der Waals surface area contributed by atoms with Crippen molar-refractivity contribution >= 4 is 26.2 Å². The zero-order valence-electron chi connectivity index (χ0n) is 8.76. The Morgan fingerprint density at radius 3 is 1.75 bits per heavy atom. The lowest BCUT2D eigenvalue weighted by Crippen LogP contribution is -2.48. The van der Waals surface area contributed by atoms with Crippen molar-refractivity contribution in [1.29, 1.82) is 0 Å². The molecular formula is C6H19O3Si3+. The van der Waals surface area contributed by atoms with Crippen LogP contribution in [-0.4, -0.2) is 31.0 Å². The lowest BCUT2D eigenvalue weighted by atomic mass is 11.9. The van der Waals surface area contributed by atoms with E-state index in [4.69, 9.17) is 8.23 Å². The van der Waals surface area contributed by atoms with E-state index in [-0.39, 0.29) is 0 Å². The standard InChI is InChI=1S/C6H19O3Si3/c1-10(2)8-12(5,6)9-11(3,4)7/h7H,1-6H3/q+1. The molecule has 0 aliphatic carbocycles. The summed E-state index contributed by atoms with van der Waals surface area (Å²) in [5.74, 6) is 0. The van der Waals surface area contributed by atoms with E-state index >= 15 is 0 Å². The number of hydrogen-bond acceptors (Lipinski definition) is 3. The fraction of sp³-hybridized carbons (Fsp3) is 1.00. The molecule has 12 heavy (non-hydrogen) atoms. The van der Waals surface area contributed by atoms with Gasteiger partial charge in [0.25, 0.3) is 0 Å². The Balaban J connectivity index is 4.04. The van der Waals surface area contributed by atoms with Crippen LogP contribution >= 0.6 is 0 Å². The molecule has 0 atom stereocenters. The van der Waals surface area contributed by atoms with E-state index in [1.54, 1.807) is 13.1 Å². The fourth-order valence-corrected chi connectivity index (χ4v) is 10.4. The summed E-state index contributed by atoms with van der Waals surface area (Å²) < 4.78 is 11.3. The summed E-state index contributed by atoms with van der Waals surface area (Å²) in [6.45, 7) is 11.7. The Morgan fingerprint density at radius 1 is 1.08 bits per heavy atom. The molecule has 0 fully saturated rings. The smallest absolute Gasteiger partial charge is 0.413 e. The van der Waals surface area contributed by atoms with Crippen LogP contribution in [0.1, 0.15) is 0 Å². The van der Waals surface area contributed by atoms with E-state index in [2.05, 4.69) is 13.1 Å². The van der Waals surface area contributed by atoms with Gasteiger partial charge in [-0.2, -0.15) is 0 Å². The van der Waals surface area contributed by atoms with Crippen molar-refractivity contribution in [2.75, 3.05) is 0 Å². The molecule has 0 aromatic carbocycles. The first-order valence-corrected chi connectivity index (χ1v) is 12.1. The highest BCUT2D eigenvalue weighted by molar-refractivity contribution is 6.81. The van der Waals surface area contributed by atoms with Crippen LogP contribution in [0.15, 0.2) is 0 Å². The zero-order chi connectivity index (χ0) is 9.99. The minimum absolute atomic E-state index is 0.715. The van der Waals surface area contributed by atoms with Gasteiger partial charge in [-0.3, -0.25) is 0 Å². The maximum Gasteiger partial charge on any atom is 0.456 e. The van der Waals surface area contributed by atoms with Gasteiger partial charge in [0.15, 0.2) is 0 Å². The van der Waals surface area contributed by atoms with Crippen LogP contribution in [0.2, 0.25) is 39.3 Å². The van der Waals surface area contributed by atoms with Gasteiger partial charge in [-0.05, 0) is 26.2 Å². The summed E-state index contributed by atoms with van der Waals surface area (Å²) in [5.41, 5.74) is 0.